The molecule has 0 saturated carbocycles. The lowest BCUT2D eigenvalue weighted by Gasteiger charge is -2.23. The summed E-state index contributed by atoms with van der Waals surface area (Å²) in [4.78, 5) is 25.7. The fourth-order valence-corrected chi connectivity index (χ4v) is 4.14. The predicted octanol–water partition coefficient (Wildman–Crippen LogP) is 4.64. The van der Waals surface area contributed by atoms with Gasteiger partial charge in [0.1, 0.15) is 0 Å². The lowest BCUT2D eigenvalue weighted by Crippen LogP contribution is -2.37. The summed E-state index contributed by atoms with van der Waals surface area (Å²) in [5, 5.41) is 14.2. The third kappa shape index (κ3) is 3.79. The molecular formula is C26H25NO3. The van der Waals surface area contributed by atoms with Crippen molar-refractivity contribution in [1.29, 1.82) is 0 Å². The van der Waals surface area contributed by atoms with Crippen molar-refractivity contribution in [3.05, 3.63) is 101 Å². The SMILES string of the molecule is CCCc1ccc(C(=O)CC2(O)C(=O)Nc3cccc(Cc4ccccc4)c32)cc1. The van der Waals surface area contributed by atoms with Gasteiger partial charge in [-0.3, -0.25) is 9.59 Å². The summed E-state index contributed by atoms with van der Waals surface area (Å²) in [6.07, 6.45) is 2.27. The van der Waals surface area contributed by atoms with Crippen LogP contribution in [0.5, 0.6) is 0 Å². The number of amides is 1. The van der Waals surface area contributed by atoms with E-state index in [0.717, 1.165) is 24.0 Å². The number of benzene rings is 3. The largest absolute Gasteiger partial charge is 0.375 e. The Balaban J connectivity index is 1.64. The number of ketones is 1. The second-order valence-corrected chi connectivity index (χ2v) is 7.86. The molecule has 0 spiro atoms. The number of fused-ring (bicyclic) bond motifs is 1. The number of nitrogens with one attached hydrogen (secondary N) is 1. The zero-order valence-corrected chi connectivity index (χ0v) is 17.0. The van der Waals surface area contributed by atoms with E-state index in [2.05, 4.69) is 12.2 Å². The molecule has 30 heavy (non-hydrogen) atoms. The van der Waals surface area contributed by atoms with Crippen molar-refractivity contribution in [3.8, 4) is 0 Å². The Kier molecular flexibility index (Phi) is 5.51. The highest BCUT2D eigenvalue weighted by Crippen LogP contribution is 2.42. The van der Waals surface area contributed by atoms with Crippen LogP contribution < -0.4 is 5.32 Å². The third-order valence-electron chi connectivity index (χ3n) is 5.66. The Morgan fingerprint density at radius 1 is 0.933 bits per heavy atom. The minimum Gasteiger partial charge on any atom is -0.375 e. The van der Waals surface area contributed by atoms with Crippen LogP contribution in [0.4, 0.5) is 5.69 Å². The van der Waals surface area contributed by atoms with E-state index in [1.54, 1.807) is 18.2 Å². The molecule has 1 atom stereocenters. The van der Waals surface area contributed by atoms with E-state index >= 15 is 0 Å². The van der Waals surface area contributed by atoms with E-state index in [1.807, 2.05) is 54.6 Å². The fraction of sp³-hybridized carbons (Fsp3) is 0.231. The molecule has 4 rings (SSSR count). The molecule has 0 radical (unpaired) electrons. The van der Waals surface area contributed by atoms with E-state index in [-0.39, 0.29) is 12.2 Å². The normalized spacial score (nSPS) is 17.5. The maximum absolute atomic E-state index is 13.0. The van der Waals surface area contributed by atoms with Crippen molar-refractivity contribution in [2.75, 3.05) is 5.32 Å². The maximum atomic E-state index is 13.0. The Hall–Kier alpha value is -3.24. The van der Waals surface area contributed by atoms with Crippen LogP contribution in [0, 0.1) is 0 Å². The summed E-state index contributed by atoms with van der Waals surface area (Å²) in [5.74, 6) is -0.799. The molecule has 3 aromatic carbocycles. The minimum absolute atomic E-state index is 0.252. The zero-order chi connectivity index (χ0) is 21.1. The molecule has 0 saturated heterocycles. The topological polar surface area (TPSA) is 66.4 Å². The number of anilines is 1. The van der Waals surface area contributed by atoms with E-state index in [9.17, 15) is 14.7 Å². The Bertz CT molecular complexity index is 1070. The lowest BCUT2D eigenvalue weighted by atomic mass is 9.83. The van der Waals surface area contributed by atoms with E-state index in [0.29, 0.717) is 23.2 Å². The first-order chi connectivity index (χ1) is 14.5. The van der Waals surface area contributed by atoms with Gasteiger partial charge in [-0.15, -0.1) is 0 Å². The second-order valence-electron chi connectivity index (χ2n) is 7.86. The van der Waals surface area contributed by atoms with E-state index in [4.69, 9.17) is 0 Å². The molecule has 1 aliphatic rings. The number of carbonyl (C=O) groups excluding carboxylic acids is 2. The highest BCUT2D eigenvalue weighted by molar-refractivity contribution is 6.09. The van der Waals surface area contributed by atoms with Gasteiger partial charge in [0.05, 0.1) is 6.42 Å². The summed E-state index contributed by atoms with van der Waals surface area (Å²) >= 11 is 0. The molecule has 0 aromatic heterocycles. The molecule has 1 heterocycles. The number of carbonyl (C=O) groups is 2. The van der Waals surface area contributed by atoms with Gasteiger partial charge in [-0.2, -0.15) is 0 Å². The minimum atomic E-state index is -1.88. The van der Waals surface area contributed by atoms with Crippen LogP contribution in [-0.2, 0) is 23.2 Å². The molecule has 0 aliphatic carbocycles. The average Bonchev–Trinajstić information content (AvgIpc) is 3.00. The Morgan fingerprint density at radius 3 is 2.37 bits per heavy atom. The van der Waals surface area contributed by atoms with Crippen LogP contribution in [-0.4, -0.2) is 16.8 Å². The molecule has 2 N–H and O–H groups in total. The first-order valence-corrected chi connectivity index (χ1v) is 10.3. The fourth-order valence-electron chi connectivity index (χ4n) is 4.14. The van der Waals surface area contributed by atoms with Crippen LogP contribution in [0.1, 0.15) is 52.4 Å². The Labute approximate surface area is 176 Å². The monoisotopic (exact) mass is 399 g/mol. The molecule has 0 bridgehead atoms. The van der Waals surface area contributed by atoms with Gasteiger partial charge < -0.3 is 10.4 Å². The summed E-state index contributed by atoms with van der Waals surface area (Å²) in [5.41, 5.74) is 2.79. The van der Waals surface area contributed by atoms with Gasteiger partial charge in [0.2, 0.25) is 0 Å². The number of hydrogen-bond donors (Lipinski definition) is 2. The van der Waals surface area contributed by atoms with Gasteiger partial charge in [-0.1, -0.05) is 80.1 Å². The van der Waals surface area contributed by atoms with Gasteiger partial charge in [0.15, 0.2) is 11.4 Å². The van der Waals surface area contributed by atoms with E-state index < -0.39 is 11.5 Å². The van der Waals surface area contributed by atoms with Crippen molar-refractivity contribution in [2.24, 2.45) is 0 Å². The summed E-state index contributed by atoms with van der Waals surface area (Å²) in [6, 6.07) is 22.8. The van der Waals surface area contributed by atoms with Crippen molar-refractivity contribution >= 4 is 17.4 Å². The van der Waals surface area contributed by atoms with Crippen molar-refractivity contribution in [1.82, 2.24) is 0 Å². The lowest BCUT2D eigenvalue weighted by molar-refractivity contribution is -0.133. The van der Waals surface area contributed by atoms with Gasteiger partial charge in [0, 0.05) is 16.8 Å². The van der Waals surface area contributed by atoms with Gasteiger partial charge >= 0.3 is 0 Å². The standard InChI is InChI=1S/C26H25NO3/c1-2-7-18-12-14-20(15-13-18)23(28)17-26(30)24-21(16-19-8-4-3-5-9-19)10-6-11-22(24)27-25(26)29/h3-6,8-15,30H,2,7,16-17H2,1H3,(H,27,29). The molecular weight excluding hydrogens is 374 g/mol. The van der Waals surface area contributed by atoms with Gasteiger partial charge in [-0.05, 0) is 35.6 Å². The van der Waals surface area contributed by atoms with Crippen molar-refractivity contribution in [3.63, 3.8) is 0 Å². The molecule has 4 nitrogen and oxygen atoms in total. The molecule has 0 fully saturated rings. The number of Topliss-reactive ketones (excluding diaryl/α,β-unsaturated/α-hetero) is 1. The average molecular weight is 399 g/mol. The molecule has 1 amide bonds. The first-order valence-electron chi connectivity index (χ1n) is 10.3. The van der Waals surface area contributed by atoms with Gasteiger partial charge in [0.25, 0.3) is 5.91 Å². The van der Waals surface area contributed by atoms with Crippen LogP contribution >= 0.6 is 0 Å². The van der Waals surface area contributed by atoms with Gasteiger partial charge in [-0.25, -0.2) is 0 Å². The number of rotatable bonds is 7. The third-order valence-corrected chi connectivity index (χ3v) is 5.66. The summed E-state index contributed by atoms with van der Waals surface area (Å²) < 4.78 is 0. The first kappa shape index (κ1) is 20.0. The van der Waals surface area contributed by atoms with Crippen LogP contribution in [0.3, 0.4) is 0 Å². The van der Waals surface area contributed by atoms with E-state index in [1.165, 1.54) is 5.56 Å². The Morgan fingerprint density at radius 2 is 1.67 bits per heavy atom. The molecule has 152 valence electrons. The molecule has 1 aliphatic heterocycles. The quantitative estimate of drug-likeness (QED) is 0.569. The predicted molar refractivity (Wildman–Crippen MR) is 118 cm³/mol. The second kappa shape index (κ2) is 8.25. The van der Waals surface area contributed by atoms with Crippen LogP contribution in [0.2, 0.25) is 0 Å². The molecule has 4 heteroatoms. The highest BCUT2D eigenvalue weighted by atomic mass is 16.3. The van der Waals surface area contributed by atoms with Crippen molar-refractivity contribution < 1.29 is 14.7 Å². The van der Waals surface area contributed by atoms with Crippen LogP contribution in [0.25, 0.3) is 0 Å². The smallest absolute Gasteiger partial charge is 0.261 e. The molecule has 3 aromatic rings. The number of aryl methyl sites for hydroxylation is 1. The number of hydrogen-bond acceptors (Lipinski definition) is 3. The summed E-state index contributed by atoms with van der Waals surface area (Å²) in [7, 11) is 0. The van der Waals surface area contributed by atoms with Crippen LogP contribution in [0.15, 0.2) is 72.8 Å². The summed E-state index contributed by atoms with van der Waals surface area (Å²) in [6.45, 7) is 2.11. The highest BCUT2D eigenvalue weighted by Gasteiger charge is 2.48. The molecule has 1 unspecified atom stereocenters. The number of aliphatic hydroxyl groups is 1. The van der Waals surface area contributed by atoms with Crippen molar-refractivity contribution in [2.45, 2.75) is 38.2 Å². The zero-order valence-electron chi connectivity index (χ0n) is 17.0. The maximum Gasteiger partial charge on any atom is 0.261 e.